The molecule has 0 aliphatic carbocycles. The second-order valence-corrected chi connectivity index (χ2v) is 7.87. The molecule has 7 heteroatoms. The van der Waals surface area contributed by atoms with E-state index >= 15 is 0 Å². The Kier molecular flexibility index (Phi) is 5.25. The fourth-order valence-corrected chi connectivity index (χ4v) is 4.53. The Morgan fingerprint density at radius 3 is 2.47 bits per heavy atom. The van der Waals surface area contributed by atoms with Crippen molar-refractivity contribution in [3.63, 3.8) is 0 Å². The summed E-state index contributed by atoms with van der Waals surface area (Å²) in [7, 11) is 1.66. The predicted octanol–water partition coefficient (Wildman–Crippen LogP) is 4.76. The Hall–Kier alpha value is -3.84. The Labute approximate surface area is 191 Å². The van der Waals surface area contributed by atoms with Crippen molar-refractivity contribution >= 4 is 23.0 Å². The van der Waals surface area contributed by atoms with Gasteiger partial charge in [0.25, 0.3) is 0 Å². The van der Waals surface area contributed by atoms with Crippen LogP contribution in [0.25, 0.3) is 5.69 Å². The molecule has 32 heavy (non-hydrogen) atoms. The van der Waals surface area contributed by atoms with Gasteiger partial charge in [0.05, 0.1) is 24.5 Å². The maximum Gasteiger partial charge on any atom is 0.174 e. The smallest absolute Gasteiger partial charge is 0.174 e. The Bertz CT molecular complexity index is 1240. The van der Waals surface area contributed by atoms with Crippen LogP contribution in [0.15, 0.2) is 91.3 Å². The molecule has 2 atom stereocenters. The molecule has 0 amide bonds. The van der Waals surface area contributed by atoms with Crippen molar-refractivity contribution in [3.8, 4) is 17.2 Å². The first-order valence-corrected chi connectivity index (χ1v) is 10.7. The molecule has 1 saturated heterocycles. The molecule has 1 aliphatic heterocycles. The Balaban J connectivity index is 1.66. The molecule has 2 aromatic heterocycles. The van der Waals surface area contributed by atoms with Gasteiger partial charge in [-0.25, -0.2) is 0 Å². The van der Waals surface area contributed by atoms with Crippen molar-refractivity contribution in [3.05, 3.63) is 103 Å². The molecule has 5 rings (SSSR count). The second-order valence-electron chi connectivity index (χ2n) is 7.49. The van der Waals surface area contributed by atoms with Crippen LogP contribution in [0.1, 0.15) is 23.5 Å². The summed E-state index contributed by atoms with van der Waals surface area (Å²) in [6, 6.07) is 24.7. The molecule has 2 N–H and O–H groups in total. The highest BCUT2D eigenvalue weighted by atomic mass is 32.1. The number of hydrogen-bond acceptors (Lipinski definition) is 4. The van der Waals surface area contributed by atoms with Gasteiger partial charge in [0.2, 0.25) is 0 Å². The van der Waals surface area contributed by atoms with Crippen LogP contribution in [0.5, 0.6) is 11.5 Å². The normalized spacial score (nSPS) is 17.9. The number of hydrogen-bond donors (Lipinski definition) is 2. The number of nitrogens with zero attached hydrogens (tertiary/aromatic N) is 3. The number of methoxy groups -OCH3 is 1. The highest BCUT2D eigenvalue weighted by Crippen LogP contribution is 2.44. The van der Waals surface area contributed by atoms with E-state index in [2.05, 4.69) is 20.9 Å². The molecular formula is C25H22N4O2S. The van der Waals surface area contributed by atoms with E-state index in [1.807, 2.05) is 71.8 Å². The van der Waals surface area contributed by atoms with E-state index in [1.165, 1.54) is 0 Å². The maximum atomic E-state index is 10.6. The van der Waals surface area contributed by atoms with Gasteiger partial charge in [0.1, 0.15) is 17.5 Å². The lowest BCUT2D eigenvalue weighted by molar-refractivity contribution is 0.414. The zero-order valence-corrected chi connectivity index (χ0v) is 18.2. The van der Waals surface area contributed by atoms with Crippen molar-refractivity contribution in [2.24, 2.45) is 0 Å². The van der Waals surface area contributed by atoms with Crippen molar-refractivity contribution in [2.45, 2.75) is 12.1 Å². The predicted molar refractivity (Wildman–Crippen MR) is 128 cm³/mol. The second kappa shape index (κ2) is 8.36. The van der Waals surface area contributed by atoms with Crippen LogP contribution in [-0.2, 0) is 0 Å². The molecule has 160 valence electrons. The molecule has 6 nitrogen and oxygen atoms in total. The molecule has 0 radical (unpaired) electrons. The minimum atomic E-state index is -0.234. The lowest BCUT2D eigenvalue weighted by Crippen LogP contribution is -2.30. The highest BCUT2D eigenvalue weighted by molar-refractivity contribution is 7.80. The molecule has 1 aliphatic rings. The maximum absolute atomic E-state index is 10.6. The summed E-state index contributed by atoms with van der Waals surface area (Å²) in [6.45, 7) is 0. The number of benzene rings is 2. The van der Waals surface area contributed by atoms with Gasteiger partial charge in [-0.05, 0) is 72.9 Å². The number of anilines is 1. The van der Waals surface area contributed by atoms with Crippen LogP contribution in [0.2, 0.25) is 0 Å². The van der Waals surface area contributed by atoms with Gasteiger partial charge < -0.3 is 24.6 Å². The van der Waals surface area contributed by atoms with E-state index in [0.717, 1.165) is 22.8 Å². The van der Waals surface area contributed by atoms with Crippen molar-refractivity contribution in [1.82, 2.24) is 14.9 Å². The van der Waals surface area contributed by atoms with Gasteiger partial charge in [-0.2, -0.15) is 0 Å². The molecule has 2 aromatic carbocycles. The molecule has 0 bridgehead atoms. The van der Waals surface area contributed by atoms with E-state index in [-0.39, 0.29) is 17.8 Å². The third kappa shape index (κ3) is 3.46. The topological polar surface area (TPSA) is 62.5 Å². The number of rotatable bonds is 5. The number of nitrogens with one attached hydrogen (secondary N) is 1. The SMILES string of the molecule is COc1ccc(-n2cccc2[C@@H]2[C@@H](c3ccccn3)NC(=S)N2c2ccccc2O)cc1. The van der Waals surface area contributed by atoms with Crippen molar-refractivity contribution in [1.29, 1.82) is 0 Å². The summed E-state index contributed by atoms with van der Waals surface area (Å²) in [5, 5.41) is 14.6. The number of aromatic nitrogens is 2. The van der Waals surface area contributed by atoms with Crippen LogP contribution >= 0.6 is 12.2 Å². The fourth-order valence-electron chi connectivity index (χ4n) is 4.20. The number of ether oxygens (including phenoxy) is 1. The minimum absolute atomic E-state index is 0.172. The van der Waals surface area contributed by atoms with Crippen LogP contribution in [-0.4, -0.2) is 26.9 Å². The number of phenols is 1. The van der Waals surface area contributed by atoms with Gasteiger partial charge >= 0.3 is 0 Å². The van der Waals surface area contributed by atoms with Gasteiger partial charge in [-0.15, -0.1) is 0 Å². The number of para-hydroxylation sites is 2. The molecule has 3 heterocycles. The Morgan fingerprint density at radius 2 is 1.75 bits per heavy atom. The van der Waals surface area contributed by atoms with Crippen molar-refractivity contribution in [2.75, 3.05) is 12.0 Å². The number of phenolic OH excluding ortho intramolecular Hbond substituents is 1. The summed E-state index contributed by atoms with van der Waals surface area (Å²) in [4.78, 5) is 6.57. The fraction of sp³-hybridized carbons (Fsp3) is 0.120. The van der Waals surface area contributed by atoms with Crippen LogP contribution in [0.3, 0.4) is 0 Å². The Morgan fingerprint density at radius 1 is 0.969 bits per heavy atom. The van der Waals surface area contributed by atoms with Gasteiger partial charge in [0.15, 0.2) is 5.11 Å². The summed E-state index contributed by atoms with van der Waals surface area (Å²) in [6.07, 6.45) is 3.80. The summed E-state index contributed by atoms with van der Waals surface area (Å²) >= 11 is 5.75. The van der Waals surface area contributed by atoms with Crippen LogP contribution in [0, 0.1) is 0 Å². The lowest BCUT2D eigenvalue weighted by Gasteiger charge is -2.29. The molecular weight excluding hydrogens is 420 g/mol. The monoisotopic (exact) mass is 442 g/mol. The van der Waals surface area contributed by atoms with Crippen LogP contribution < -0.4 is 15.0 Å². The van der Waals surface area contributed by atoms with Crippen LogP contribution in [0.4, 0.5) is 5.69 Å². The summed E-state index contributed by atoms with van der Waals surface area (Å²) in [5.41, 5.74) is 3.54. The lowest BCUT2D eigenvalue weighted by atomic mass is 10.0. The van der Waals surface area contributed by atoms with Crippen molar-refractivity contribution < 1.29 is 9.84 Å². The minimum Gasteiger partial charge on any atom is -0.506 e. The molecule has 0 spiro atoms. The van der Waals surface area contributed by atoms with E-state index < -0.39 is 0 Å². The quantitative estimate of drug-likeness (QED) is 0.435. The molecule has 4 aromatic rings. The average molecular weight is 443 g/mol. The number of aromatic hydroxyl groups is 1. The first-order chi connectivity index (χ1) is 15.7. The average Bonchev–Trinajstić information content (AvgIpc) is 3.44. The van der Waals surface area contributed by atoms with E-state index in [9.17, 15) is 5.11 Å². The number of thiocarbonyl (C=S) groups is 1. The number of pyridine rings is 1. The zero-order valence-electron chi connectivity index (χ0n) is 17.4. The zero-order chi connectivity index (χ0) is 22.1. The summed E-state index contributed by atoms with van der Waals surface area (Å²) < 4.78 is 7.44. The molecule has 0 saturated carbocycles. The summed E-state index contributed by atoms with van der Waals surface area (Å²) in [5.74, 6) is 0.972. The first kappa shape index (κ1) is 20.1. The molecule has 1 fully saturated rings. The standard InChI is InChI=1S/C25H22N4O2S/c1-31-18-13-11-17(12-14-18)28-16-6-9-21(28)24-23(19-7-4-5-15-26-19)27-25(32)29(24)20-8-2-3-10-22(20)30/h2-16,23-24,30H,1H3,(H,27,32)/t23-,24-/m1/s1. The van der Waals surface area contributed by atoms with Gasteiger partial charge in [0, 0.05) is 23.8 Å². The van der Waals surface area contributed by atoms with Gasteiger partial charge in [-0.1, -0.05) is 18.2 Å². The third-order valence-corrected chi connectivity index (χ3v) is 5.99. The van der Waals surface area contributed by atoms with E-state index in [0.29, 0.717) is 10.8 Å². The van der Waals surface area contributed by atoms with E-state index in [1.54, 1.807) is 25.4 Å². The largest absolute Gasteiger partial charge is 0.506 e. The first-order valence-electron chi connectivity index (χ1n) is 10.3. The molecule has 0 unspecified atom stereocenters. The third-order valence-electron chi connectivity index (χ3n) is 5.67. The van der Waals surface area contributed by atoms with Gasteiger partial charge in [-0.3, -0.25) is 4.98 Å². The van der Waals surface area contributed by atoms with E-state index in [4.69, 9.17) is 17.0 Å². The highest BCUT2D eigenvalue weighted by Gasteiger charge is 2.42.